The van der Waals surface area contributed by atoms with Crippen LogP contribution in [0.25, 0.3) is 22.2 Å². The van der Waals surface area contributed by atoms with Gasteiger partial charge in [0.25, 0.3) is 0 Å². The van der Waals surface area contributed by atoms with Gasteiger partial charge in [0.1, 0.15) is 12.3 Å². The van der Waals surface area contributed by atoms with Gasteiger partial charge in [-0.1, -0.05) is 42.0 Å². The fourth-order valence-corrected chi connectivity index (χ4v) is 3.58. The van der Waals surface area contributed by atoms with Gasteiger partial charge in [-0.05, 0) is 59.7 Å². The number of benzene rings is 3. The van der Waals surface area contributed by atoms with Gasteiger partial charge in [-0.3, -0.25) is 14.5 Å². The maximum Gasteiger partial charge on any atom is 0.240 e. The zero-order valence-electron chi connectivity index (χ0n) is 16.8. The van der Waals surface area contributed by atoms with Crippen LogP contribution in [0.15, 0.2) is 60.7 Å². The van der Waals surface area contributed by atoms with Crippen molar-refractivity contribution in [3.63, 3.8) is 0 Å². The summed E-state index contributed by atoms with van der Waals surface area (Å²) in [6.45, 7) is 2.55. The summed E-state index contributed by atoms with van der Waals surface area (Å²) in [5.74, 6) is 1.35. The highest BCUT2D eigenvalue weighted by Crippen LogP contribution is 2.22. The second-order valence-electron chi connectivity index (χ2n) is 7.13. The first-order chi connectivity index (χ1) is 14.5. The minimum Gasteiger partial charge on any atom is -0.497 e. The van der Waals surface area contributed by atoms with Gasteiger partial charge in [0.15, 0.2) is 10.6 Å². The summed E-state index contributed by atoms with van der Waals surface area (Å²) in [7, 11) is 1.65. The lowest BCUT2D eigenvalue weighted by molar-refractivity contribution is -0.121. The maximum absolute atomic E-state index is 12.6. The number of H-pyrrole nitrogens is 1. The molecule has 0 bridgehead atoms. The standard InChI is InChI=1S/C23H22N4O2S/c1-15-4-3-5-19(10-15)22-25-26-23(30)27(22)14-21(28)24-13-16-6-7-18-12-20(29-2)9-8-17(18)11-16/h3-12H,13-14H2,1-2H3,(H,24,28)(H,26,30). The fraction of sp³-hybridized carbons (Fsp3) is 0.174. The number of amides is 1. The molecule has 0 unspecified atom stereocenters. The smallest absolute Gasteiger partial charge is 0.240 e. The number of ether oxygens (including phenoxy) is 1. The van der Waals surface area contributed by atoms with E-state index in [2.05, 4.69) is 21.6 Å². The highest BCUT2D eigenvalue weighted by atomic mass is 32.1. The number of carbonyl (C=O) groups is 1. The van der Waals surface area contributed by atoms with Crippen molar-refractivity contribution in [2.24, 2.45) is 0 Å². The van der Waals surface area contributed by atoms with E-state index < -0.39 is 0 Å². The molecule has 3 aromatic carbocycles. The summed E-state index contributed by atoms with van der Waals surface area (Å²) in [6, 6.07) is 20.0. The van der Waals surface area contributed by atoms with E-state index in [-0.39, 0.29) is 12.5 Å². The predicted molar refractivity (Wildman–Crippen MR) is 120 cm³/mol. The van der Waals surface area contributed by atoms with E-state index in [1.54, 1.807) is 11.7 Å². The van der Waals surface area contributed by atoms with Crippen molar-refractivity contribution in [3.8, 4) is 17.1 Å². The summed E-state index contributed by atoms with van der Waals surface area (Å²) in [5.41, 5.74) is 3.06. The van der Waals surface area contributed by atoms with Crippen molar-refractivity contribution in [2.75, 3.05) is 7.11 Å². The lowest BCUT2D eigenvalue weighted by atomic mass is 10.1. The van der Waals surface area contributed by atoms with Crippen LogP contribution in [0, 0.1) is 11.7 Å². The number of hydrogen-bond donors (Lipinski definition) is 2. The van der Waals surface area contributed by atoms with Crippen molar-refractivity contribution >= 4 is 28.9 Å². The Labute approximate surface area is 179 Å². The fourth-order valence-electron chi connectivity index (χ4n) is 3.38. The first-order valence-electron chi connectivity index (χ1n) is 9.59. The van der Waals surface area contributed by atoms with Gasteiger partial charge < -0.3 is 10.1 Å². The molecule has 0 aliphatic rings. The first kappa shape index (κ1) is 19.8. The van der Waals surface area contributed by atoms with E-state index in [0.29, 0.717) is 17.1 Å². The second kappa shape index (κ2) is 8.51. The van der Waals surface area contributed by atoms with Gasteiger partial charge in [0, 0.05) is 12.1 Å². The number of carbonyl (C=O) groups excluding carboxylic acids is 1. The molecule has 0 aliphatic heterocycles. The zero-order chi connectivity index (χ0) is 21.1. The van der Waals surface area contributed by atoms with Crippen LogP contribution in [-0.2, 0) is 17.9 Å². The molecule has 0 aliphatic carbocycles. The lowest BCUT2D eigenvalue weighted by Gasteiger charge is -2.10. The van der Waals surface area contributed by atoms with Gasteiger partial charge >= 0.3 is 0 Å². The Morgan fingerprint density at radius 1 is 1.13 bits per heavy atom. The molecule has 1 aromatic heterocycles. The Morgan fingerprint density at radius 3 is 2.73 bits per heavy atom. The third-order valence-corrected chi connectivity index (χ3v) is 5.25. The third kappa shape index (κ3) is 4.26. The van der Waals surface area contributed by atoms with E-state index in [4.69, 9.17) is 17.0 Å². The van der Waals surface area contributed by atoms with E-state index >= 15 is 0 Å². The topological polar surface area (TPSA) is 71.9 Å². The van der Waals surface area contributed by atoms with Crippen LogP contribution in [0.5, 0.6) is 5.75 Å². The van der Waals surface area contributed by atoms with Gasteiger partial charge in [-0.25, -0.2) is 0 Å². The Balaban J connectivity index is 1.46. The molecule has 2 N–H and O–H groups in total. The van der Waals surface area contributed by atoms with Gasteiger partial charge in [0.2, 0.25) is 5.91 Å². The van der Waals surface area contributed by atoms with E-state index in [1.807, 2.05) is 61.5 Å². The molecule has 4 rings (SSSR count). The van der Waals surface area contributed by atoms with Crippen molar-refractivity contribution < 1.29 is 9.53 Å². The van der Waals surface area contributed by atoms with E-state index in [9.17, 15) is 4.79 Å². The number of nitrogens with one attached hydrogen (secondary N) is 2. The molecule has 6 nitrogen and oxygen atoms in total. The number of methoxy groups -OCH3 is 1. The molecule has 7 heteroatoms. The molecule has 0 saturated heterocycles. The van der Waals surface area contributed by atoms with Gasteiger partial charge in [0.05, 0.1) is 7.11 Å². The zero-order valence-corrected chi connectivity index (χ0v) is 17.6. The SMILES string of the molecule is COc1ccc2cc(CNC(=O)Cn3c(-c4cccc(C)c4)n[nH]c3=S)ccc2c1. The van der Waals surface area contributed by atoms with Crippen LogP contribution in [0.3, 0.4) is 0 Å². The Bertz CT molecular complexity index is 1280. The number of hydrogen-bond acceptors (Lipinski definition) is 4. The van der Waals surface area contributed by atoms with Crippen molar-refractivity contribution in [1.29, 1.82) is 0 Å². The summed E-state index contributed by atoms with van der Waals surface area (Å²) < 4.78 is 7.40. The molecule has 1 heterocycles. The summed E-state index contributed by atoms with van der Waals surface area (Å²) >= 11 is 5.33. The molecule has 0 radical (unpaired) electrons. The molecular formula is C23H22N4O2S. The number of aromatic nitrogens is 3. The second-order valence-corrected chi connectivity index (χ2v) is 7.52. The van der Waals surface area contributed by atoms with Crippen molar-refractivity contribution in [2.45, 2.75) is 20.0 Å². The Morgan fingerprint density at radius 2 is 1.93 bits per heavy atom. The van der Waals surface area contributed by atoms with Crippen LogP contribution in [0.1, 0.15) is 11.1 Å². The van der Waals surface area contributed by atoms with E-state index in [0.717, 1.165) is 33.2 Å². The molecular weight excluding hydrogens is 396 g/mol. The maximum atomic E-state index is 12.6. The minimum absolute atomic E-state index is 0.101. The number of fused-ring (bicyclic) bond motifs is 1. The monoisotopic (exact) mass is 418 g/mol. The van der Waals surface area contributed by atoms with E-state index in [1.165, 1.54) is 0 Å². The third-order valence-electron chi connectivity index (χ3n) is 4.94. The summed E-state index contributed by atoms with van der Waals surface area (Å²) in [5, 5.41) is 12.3. The molecule has 152 valence electrons. The van der Waals surface area contributed by atoms with Crippen molar-refractivity contribution in [1.82, 2.24) is 20.1 Å². The van der Waals surface area contributed by atoms with Crippen LogP contribution in [0.2, 0.25) is 0 Å². The predicted octanol–water partition coefficient (Wildman–Crippen LogP) is 4.39. The molecule has 0 saturated carbocycles. The van der Waals surface area contributed by atoms with Gasteiger partial charge in [-0.2, -0.15) is 5.10 Å². The molecule has 4 aromatic rings. The molecule has 1 amide bonds. The average molecular weight is 419 g/mol. The summed E-state index contributed by atoms with van der Waals surface area (Å²) in [4.78, 5) is 12.6. The first-order valence-corrected chi connectivity index (χ1v) is 10.00. The van der Waals surface area contributed by atoms with Crippen LogP contribution >= 0.6 is 12.2 Å². The highest BCUT2D eigenvalue weighted by molar-refractivity contribution is 7.71. The normalized spacial score (nSPS) is 10.9. The largest absolute Gasteiger partial charge is 0.497 e. The van der Waals surface area contributed by atoms with Crippen LogP contribution in [-0.4, -0.2) is 27.8 Å². The van der Waals surface area contributed by atoms with Crippen LogP contribution in [0.4, 0.5) is 0 Å². The quantitative estimate of drug-likeness (QED) is 0.456. The number of aryl methyl sites for hydroxylation is 1. The highest BCUT2D eigenvalue weighted by Gasteiger charge is 2.12. The number of aromatic amines is 1. The summed E-state index contributed by atoms with van der Waals surface area (Å²) in [6.07, 6.45) is 0. The van der Waals surface area contributed by atoms with Crippen LogP contribution < -0.4 is 10.1 Å². The minimum atomic E-state index is -0.128. The molecule has 0 atom stereocenters. The average Bonchev–Trinajstić information content (AvgIpc) is 3.11. The molecule has 0 spiro atoms. The van der Waals surface area contributed by atoms with Crippen molar-refractivity contribution in [3.05, 3.63) is 76.6 Å². The molecule has 30 heavy (non-hydrogen) atoms. The molecule has 0 fully saturated rings. The Kier molecular flexibility index (Phi) is 5.63. The lowest BCUT2D eigenvalue weighted by Crippen LogP contribution is -2.27. The Hall–Kier alpha value is -3.45. The number of rotatable bonds is 6. The van der Waals surface area contributed by atoms with Gasteiger partial charge in [-0.15, -0.1) is 0 Å². The number of nitrogens with zero attached hydrogens (tertiary/aromatic N) is 2.